The molecule has 0 fully saturated rings. The predicted octanol–water partition coefficient (Wildman–Crippen LogP) is 1.35. The molecule has 5 heteroatoms. The Kier molecular flexibility index (Phi) is 6.15. The fraction of sp³-hybridized carbons (Fsp3) is 0.500. The van der Waals surface area contributed by atoms with Crippen molar-refractivity contribution in [2.24, 2.45) is 0 Å². The first-order chi connectivity index (χ1) is 9.12. The Morgan fingerprint density at radius 3 is 2.63 bits per heavy atom. The van der Waals surface area contributed by atoms with E-state index in [1.54, 1.807) is 25.2 Å². The highest BCUT2D eigenvalue weighted by molar-refractivity contribution is 5.95. The first-order valence-electron chi connectivity index (χ1n) is 6.59. The van der Waals surface area contributed by atoms with Gasteiger partial charge in [0.2, 0.25) is 0 Å². The summed E-state index contributed by atoms with van der Waals surface area (Å²) in [6, 6.07) is 5.05. The van der Waals surface area contributed by atoms with Gasteiger partial charge in [-0.2, -0.15) is 0 Å². The number of carbonyl (C=O) groups is 1. The van der Waals surface area contributed by atoms with Crippen molar-refractivity contribution in [2.75, 3.05) is 39.0 Å². The Bertz CT molecular complexity index is 417. The topological polar surface area (TPSA) is 67.6 Å². The van der Waals surface area contributed by atoms with Crippen molar-refractivity contribution in [3.05, 3.63) is 23.8 Å². The van der Waals surface area contributed by atoms with Gasteiger partial charge in [0.05, 0.1) is 5.69 Å². The fourth-order valence-corrected chi connectivity index (χ4v) is 1.77. The Balaban J connectivity index is 2.64. The van der Waals surface area contributed by atoms with Gasteiger partial charge in [-0.25, -0.2) is 0 Å². The molecule has 0 aliphatic carbocycles. The second-order valence-corrected chi connectivity index (χ2v) is 4.21. The molecule has 0 aliphatic rings. The van der Waals surface area contributed by atoms with E-state index in [9.17, 15) is 4.79 Å². The summed E-state index contributed by atoms with van der Waals surface area (Å²) in [5.74, 6) is 0.418. The van der Waals surface area contributed by atoms with Crippen LogP contribution >= 0.6 is 0 Å². The molecule has 0 heterocycles. The van der Waals surface area contributed by atoms with Crippen molar-refractivity contribution in [2.45, 2.75) is 13.8 Å². The number of nitrogens with two attached hydrogens (primary N) is 1. The van der Waals surface area contributed by atoms with Crippen LogP contribution in [0, 0.1) is 0 Å². The van der Waals surface area contributed by atoms with Crippen LogP contribution in [0.4, 0.5) is 5.69 Å². The Hall–Kier alpha value is -1.75. The third kappa shape index (κ3) is 4.44. The average Bonchev–Trinajstić information content (AvgIpc) is 2.44. The zero-order chi connectivity index (χ0) is 14.3. The number of hydrogen-bond acceptors (Lipinski definition) is 4. The van der Waals surface area contributed by atoms with Gasteiger partial charge in [-0.3, -0.25) is 4.79 Å². The molecule has 0 aliphatic heterocycles. The second-order valence-electron chi connectivity index (χ2n) is 4.21. The summed E-state index contributed by atoms with van der Waals surface area (Å²) >= 11 is 0. The molecular formula is C14H23N3O2. The maximum absolute atomic E-state index is 11.5. The number of nitrogens with one attached hydrogen (secondary N) is 1. The van der Waals surface area contributed by atoms with Crippen molar-refractivity contribution in [3.8, 4) is 5.75 Å². The molecule has 3 N–H and O–H groups in total. The van der Waals surface area contributed by atoms with E-state index in [2.05, 4.69) is 24.1 Å². The van der Waals surface area contributed by atoms with Crippen LogP contribution < -0.4 is 15.8 Å². The number of carbonyl (C=O) groups excluding carboxylic acids is 1. The molecular weight excluding hydrogens is 242 g/mol. The number of benzene rings is 1. The molecule has 1 aromatic carbocycles. The van der Waals surface area contributed by atoms with Crippen LogP contribution in [0.15, 0.2) is 18.2 Å². The lowest BCUT2D eigenvalue weighted by atomic mass is 10.2. The van der Waals surface area contributed by atoms with Crippen molar-refractivity contribution < 1.29 is 9.53 Å². The van der Waals surface area contributed by atoms with E-state index >= 15 is 0 Å². The summed E-state index contributed by atoms with van der Waals surface area (Å²) in [6.45, 7) is 7.62. The van der Waals surface area contributed by atoms with Gasteiger partial charge in [-0.15, -0.1) is 0 Å². The number of nitrogen functional groups attached to an aromatic ring is 1. The molecule has 19 heavy (non-hydrogen) atoms. The average molecular weight is 265 g/mol. The van der Waals surface area contributed by atoms with Crippen LogP contribution in [-0.2, 0) is 0 Å². The fourth-order valence-electron chi connectivity index (χ4n) is 1.77. The molecule has 1 amide bonds. The summed E-state index contributed by atoms with van der Waals surface area (Å²) in [7, 11) is 1.60. The van der Waals surface area contributed by atoms with Gasteiger partial charge < -0.3 is 20.7 Å². The largest absolute Gasteiger partial charge is 0.490 e. The Morgan fingerprint density at radius 1 is 1.37 bits per heavy atom. The summed E-state index contributed by atoms with van der Waals surface area (Å²) in [5.41, 5.74) is 6.94. The first kappa shape index (κ1) is 15.3. The number of amides is 1. The van der Waals surface area contributed by atoms with Crippen LogP contribution in [0.1, 0.15) is 24.2 Å². The predicted molar refractivity (Wildman–Crippen MR) is 77.5 cm³/mol. The summed E-state index contributed by atoms with van der Waals surface area (Å²) in [6.07, 6.45) is 0. The number of anilines is 1. The van der Waals surface area contributed by atoms with Crippen LogP contribution in [0.2, 0.25) is 0 Å². The van der Waals surface area contributed by atoms with E-state index in [1.807, 2.05) is 0 Å². The lowest BCUT2D eigenvalue weighted by Gasteiger charge is -2.18. The van der Waals surface area contributed by atoms with E-state index in [1.165, 1.54) is 0 Å². The van der Waals surface area contributed by atoms with Gasteiger partial charge in [0.1, 0.15) is 12.4 Å². The molecule has 0 radical (unpaired) electrons. The van der Waals surface area contributed by atoms with Crippen molar-refractivity contribution in [1.82, 2.24) is 10.2 Å². The number of nitrogens with zero attached hydrogens (tertiary/aromatic N) is 1. The molecule has 0 spiro atoms. The molecule has 0 saturated heterocycles. The SMILES string of the molecule is CCN(CC)CCOc1cc(C(=O)NC)ccc1N. The van der Waals surface area contributed by atoms with E-state index in [-0.39, 0.29) is 5.91 Å². The molecule has 5 nitrogen and oxygen atoms in total. The van der Waals surface area contributed by atoms with Crippen LogP contribution in [0.25, 0.3) is 0 Å². The van der Waals surface area contributed by atoms with Crippen LogP contribution in [-0.4, -0.2) is 44.1 Å². The highest BCUT2D eigenvalue weighted by Crippen LogP contribution is 2.22. The maximum Gasteiger partial charge on any atom is 0.251 e. The Labute approximate surface area is 114 Å². The van der Waals surface area contributed by atoms with Gasteiger partial charge in [-0.05, 0) is 31.3 Å². The molecule has 0 unspecified atom stereocenters. The molecule has 1 rings (SSSR count). The Morgan fingerprint density at radius 2 is 2.05 bits per heavy atom. The standard InChI is InChI=1S/C14H23N3O2/c1-4-17(5-2)8-9-19-13-10-11(14(18)16-3)6-7-12(13)15/h6-7,10H,4-5,8-9,15H2,1-3H3,(H,16,18). The third-order valence-corrected chi connectivity index (χ3v) is 3.06. The van der Waals surface area contributed by atoms with Gasteiger partial charge in [0.25, 0.3) is 5.91 Å². The van der Waals surface area contributed by atoms with Crippen molar-refractivity contribution in [3.63, 3.8) is 0 Å². The number of likely N-dealkylation sites (N-methyl/N-ethyl adjacent to an activating group) is 1. The van der Waals surface area contributed by atoms with E-state index < -0.39 is 0 Å². The van der Waals surface area contributed by atoms with E-state index in [0.717, 1.165) is 19.6 Å². The molecule has 106 valence electrons. The van der Waals surface area contributed by atoms with Crippen LogP contribution in [0.3, 0.4) is 0 Å². The summed E-state index contributed by atoms with van der Waals surface area (Å²) in [5, 5.41) is 2.58. The molecule has 1 aromatic rings. The summed E-state index contributed by atoms with van der Waals surface area (Å²) in [4.78, 5) is 13.8. The van der Waals surface area contributed by atoms with E-state index in [4.69, 9.17) is 10.5 Å². The zero-order valence-corrected chi connectivity index (χ0v) is 11.9. The quantitative estimate of drug-likeness (QED) is 0.730. The minimum Gasteiger partial charge on any atom is -0.490 e. The lowest BCUT2D eigenvalue weighted by molar-refractivity contribution is 0.0962. The smallest absolute Gasteiger partial charge is 0.251 e. The molecule has 0 atom stereocenters. The zero-order valence-electron chi connectivity index (χ0n) is 11.9. The van der Waals surface area contributed by atoms with E-state index in [0.29, 0.717) is 23.6 Å². The van der Waals surface area contributed by atoms with Gasteiger partial charge >= 0.3 is 0 Å². The molecule has 0 bridgehead atoms. The maximum atomic E-state index is 11.5. The molecule has 0 aromatic heterocycles. The monoisotopic (exact) mass is 265 g/mol. The third-order valence-electron chi connectivity index (χ3n) is 3.06. The highest BCUT2D eigenvalue weighted by atomic mass is 16.5. The number of rotatable bonds is 7. The minimum atomic E-state index is -0.145. The summed E-state index contributed by atoms with van der Waals surface area (Å²) < 4.78 is 5.66. The lowest BCUT2D eigenvalue weighted by Crippen LogP contribution is -2.28. The minimum absolute atomic E-state index is 0.145. The first-order valence-corrected chi connectivity index (χ1v) is 6.59. The number of hydrogen-bond donors (Lipinski definition) is 2. The van der Waals surface area contributed by atoms with Gasteiger partial charge in [0, 0.05) is 19.2 Å². The highest BCUT2D eigenvalue weighted by Gasteiger charge is 2.08. The second kappa shape index (κ2) is 7.63. The van der Waals surface area contributed by atoms with Crippen molar-refractivity contribution in [1.29, 1.82) is 0 Å². The van der Waals surface area contributed by atoms with Gasteiger partial charge in [-0.1, -0.05) is 13.8 Å². The van der Waals surface area contributed by atoms with Crippen molar-refractivity contribution >= 4 is 11.6 Å². The molecule has 0 saturated carbocycles. The van der Waals surface area contributed by atoms with Gasteiger partial charge in [0.15, 0.2) is 0 Å². The number of ether oxygens (including phenoxy) is 1. The van der Waals surface area contributed by atoms with Crippen LogP contribution in [0.5, 0.6) is 5.75 Å². The normalized spacial score (nSPS) is 10.5.